The molecule has 0 aromatic heterocycles. The Morgan fingerprint density at radius 1 is 1.03 bits per heavy atom. The molecular weight excluding hydrogens is 467 g/mol. The molecule has 8 nitrogen and oxygen atoms in total. The number of benzene rings is 2. The first-order chi connectivity index (χ1) is 17.2. The third-order valence-corrected chi connectivity index (χ3v) is 6.53. The Labute approximate surface area is 210 Å². The number of carbonyl (C=O) groups is 2. The van der Waals surface area contributed by atoms with E-state index in [0.29, 0.717) is 34.9 Å². The Bertz CT molecular complexity index is 1150. The van der Waals surface area contributed by atoms with Gasteiger partial charge in [0.2, 0.25) is 5.75 Å². The molecule has 1 amide bonds. The van der Waals surface area contributed by atoms with E-state index in [1.54, 1.807) is 19.1 Å². The Hall–Kier alpha value is -3.59. The first kappa shape index (κ1) is 27.0. The van der Waals surface area contributed by atoms with Gasteiger partial charge in [0.25, 0.3) is 11.7 Å². The fourth-order valence-corrected chi connectivity index (χ4v) is 4.45. The molecule has 9 heteroatoms. The number of methoxy groups -OCH3 is 3. The van der Waals surface area contributed by atoms with Crippen molar-refractivity contribution in [2.45, 2.75) is 26.8 Å². The monoisotopic (exact) mass is 500 g/mol. The van der Waals surface area contributed by atoms with Crippen molar-refractivity contribution in [3.8, 4) is 17.2 Å². The van der Waals surface area contributed by atoms with E-state index in [0.717, 1.165) is 13.1 Å². The highest BCUT2D eigenvalue weighted by Gasteiger charge is 2.46. The molecule has 3 rings (SSSR count). The first-order valence-electron chi connectivity index (χ1n) is 11.8. The zero-order valence-corrected chi connectivity index (χ0v) is 21.6. The van der Waals surface area contributed by atoms with Crippen molar-refractivity contribution in [1.82, 2.24) is 9.80 Å². The van der Waals surface area contributed by atoms with E-state index in [2.05, 4.69) is 4.90 Å². The van der Waals surface area contributed by atoms with Crippen LogP contribution in [0.25, 0.3) is 5.76 Å². The van der Waals surface area contributed by atoms with Crippen molar-refractivity contribution >= 4 is 17.4 Å². The van der Waals surface area contributed by atoms with E-state index in [1.165, 1.54) is 44.4 Å². The Kier molecular flexibility index (Phi) is 8.57. The van der Waals surface area contributed by atoms with E-state index in [4.69, 9.17) is 14.2 Å². The molecule has 0 aliphatic carbocycles. The van der Waals surface area contributed by atoms with Gasteiger partial charge in [-0.1, -0.05) is 13.8 Å². The van der Waals surface area contributed by atoms with Gasteiger partial charge in [0.05, 0.1) is 32.9 Å². The highest BCUT2D eigenvalue weighted by atomic mass is 19.1. The molecule has 1 saturated heterocycles. The normalized spacial score (nSPS) is 17.1. The third-order valence-electron chi connectivity index (χ3n) is 6.53. The molecule has 1 N–H and O–H groups in total. The van der Waals surface area contributed by atoms with E-state index < -0.39 is 23.5 Å². The van der Waals surface area contributed by atoms with Gasteiger partial charge in [0.1, 0.15) is 11.6 Å². The molecule has 1 aliphatic rings. The molecular formula is C27H33FN2O6. The molecule has 1 atom stereocenters. The lowest BCUT2D eigenvalue weighted by Gasteiger charge is -2.29. The van der Waals surface area contributed by atoms with Crippen LogP contribution in [0.1, 0.15) is 36.6 Å². The zero-order chi connectivity index (χ0) is 26.6. The van der Waals surface area contributed by atoms with Gasteiger partial charge in [-0.2, -0.15) is 0 Å². The summed E-state index contributed by atoms with van der Waals surface area (Å²) in [6.07, 6.45) is 0. The van der Waals surface area contributed by atoms with Gasteiger partial charge in [-0.05, 0) is 61.5 Å². The van der Waals surface area contributed by atoms with E-state index in [-0.39, 0.29) is 23.4 Å². The van der Waals surface area contributed by atoms with Crippen LogP contribution in [0.3, 0.4) is 0 Å². The fourth-order valence-electron chi connectivity index (χ4n) is 4.45. The van der Waals surface area contributed by atoms with Crippen molar-refractivity contribution in [1.29, 1.82) is 0 Å². The number of ketones is 1. The van der Waals surface area contributed by atoms with Gasteiger partial charge in [-0.25, -0.2) is 4.39 Å². The molecule has 2 aromatic carbocycles. The summed E-state index contributed by atoms with van der Waals surface area (Å²) in [6.45, 7) is 7.96. The average molecular weight is 501 g/mol. The lowest BCUT2D eigenvalue weighted by Crippen LogP contribution is -2.38. The Morgan fingerprint density at radius 2 is 1.64 bits per heavy atom. The summed E-state index contributed by atoms with van der Waals surface area (Å²) in [7, 11) is 4.42. The number of amides is 1. The number of carbonyl (C=O) groups excluding carboxylic acids is 2. The van der Waals surface area contributed by atoms with Gasteiger partial charge in [0.15, 0.2) is 11.5 Å². The SMILES string of the molecule is CCN(CC)CCN1C(=O)C(=O)/C(=C(/O)c2ccc(F)c(C)c2)C1c1cc(OC)c(OC)c(OC)c1. The molecule has 0 spiro atoms. The Morgan fingerprint density at radius 3 is 2.14 bits per heavy atom. The molecule has 0 saturated carbocycles. The molecule has 194 valence electrons. The second-order valence-electron chi connectivity index (χ2n) is 8.44. The topological polar surface area (TPSA) is 88.5 Å². The third kappa shape index (κ3) is 5.02. The van der Waals surface area contributed by atoms with E-state index in [9.17, 15) is 19.1 Å². The van der Waals surface area contributed by atoms with Gasteiger partial charge in [-0.15, -0.1) is 0 Å². The van der Waals surface area contributed by atoms with Crippen LogP contribution in [-0.4, -0.2) is 74.1 Å². The van der Waals surface area contributed by atoms with Crippen molar-refractivity contribution in [2.24, 2.45) is 0 Å². The number of hydrogen-bond donors (Lipinski definition) is 1. The van der Waals surface area contributed by atoms with Crippen molar-refractivity contribution < 1.29 is 33.3 Å². The van der Waals surface area contributed by atoms with Crippen LogP contribution in [-0.2, 0) is 9.59 Å². The second kappa shape index (κ2) is 11.4. The van der Waals surface area contributed by atoms with Crippen LogP contribution in [0.2, 0.25) is 0 Å². The van der Waals surface area contributed by atoms with Crippen molar-refractivity contribution in [3.63, 3.8) is 0 Å². The molecule has 1 unspecified atom stereocenters. The summed E-state index contributed by atoms with van der Waals surface area (Å²) < 4.78 is 30.3. The molecule has 0 bridgehead atoms. The standard InChI is InChI=1S/C27H33FN2O6/c1-7-29(8-2)11-12-30-23(18-14-20(34-4)26(36-6)21(15-18)35-5)22(25(32)27(30)33)24(31)17-9-10-19(28)16(3)13-17/h9-10,13-15,23,31H,7-8,11-12H2,1-6H3/b24-22+. The maximum atomic E-state index is 13.9. The smallest absolute Gasteiger partial charge is 0.295 e. The molecule has 2 aromatic rings. The number of halogens is 1. The summed E-state index contributed by atoms with van der Waals surface area (Å²) in [5.41, 5.74) is 0.968. The van der Waals surface area contributed by atoms with Crippen molar-refractivity contribution in [3.05, 3.63) is 58.4 Å². The maximum Gasteiger partial charge on any atom is 0.295 e. The molecule has 1 heterocycles. The van der Waals surface area contributed by atoms with Crippen LogP contribution in [0.4, 0.5) is 4.39 Å². The quantitative estimate of drug-likeness (QED) is 0.301. The summed E-state index contributed by atoms with van der Waals surface area (Å²) in [5, 5.41) is 11.3. The second-order valence-corrected chi connectivity index (χ2v) is 8.44. The minimum absolute atomic E-state index is 0.0835. The number of likely N-dealkylation sites (tertiary alicyclic amines) is 1. The number of aliphatic hydroxyl groups excluding tert-OH is 1. The summed E-state index contributed by atoms with van der Waals surface area (Å²) in [4.78, 5) is 30.1. The minimum Gasteiger partial charge on any atom is -0.507 e. The predicted octanol–water partition coefficient (Wildman–Crippen LogP) is 3.92. The van der Waals surface area contributed by atoms with Crippen LogP contribution in [0.5, 0.6) is 17.2 Å². The molecule has 36 heavy (non-hydrogen) atoms. The number of nitrogens with zero attached hydrogens (tertiary/aromatic N) is 2. The number of ether oxygens (including phenoxy) is 3. The van der Waals surface area contributed by atoms with Crippen molar-refractivity contribution in [2.75, 3.05) is 47.5 Å². The summed E-state index contributed by atoms with van der Waals surface area (Å²) in [5.74, 6) is -1.29. The fraction of sp³-hybridized carbons (Fsp3) is 0.407. The largest absolute Gasteiger partial charge is 0.507 e. The molecule has 1 aliphatic heterocycles. The molecule has 1 fully saturated rings. The minimum atomic E-state index is -0.917. The number of hydrogen-bond acceptors (Lipinski definition) is 7. The van der Waals surface area contributed by atoms with Gasteiger partial charge >= 0.3 is 0 Å². The molecule has 0 radical (unpaired) electrons. The highest BCUT2D eigenvalue weighted by molar-refractivity contribution is 6.46. The first-order valence-corrected chi connectivity index (χ1v) is 11.8. The van der Waals surface area contributed by atoms with Crippen LogP contribution < -0.4 is 14.2 Å². The number of aliphatic hydroxyl groups is 1. The summed E-state index contributed by atoms with van der Waals surface area (Å²) >= 11 is 0. The maximum absolute atomic E-state index is 13.9. The lowest BCUT2D eigenvalue weighted by molar-refractivity contribution is -0.140. The van der Waals surface area contributed by atoms with Gasteiger partial charge in [0, 0.05) is 18.7 Å². The van der Waals surface area contributed by atoms with Gasteiger partial charge in [-0.3, -0.25) is 9.59 Å². The number of likely N-dealkylation sites (N-methyl/N-ethyl adjacent to an activating group) is 1. The van der Waals surface area contributed by atoms with Crippen LogP contribution >= 0.6 is 0 Å². The predicted molar refractivity (Wildman–Crippen MR) is 134 cm³/mol. The lowest BCUT2D eigenvalue weighted by atomic mass is 9.94. The Balaban J connectivity index is 2.24. The van der Waals surface area contributed by atoms with Crippen LogP contribution in [0, 0.1) is 12.7 Å². The average Bonchev–Trinajstić information content (AvgIpc) is 3.14. The summed E-state index contributed by atoms with van der Waals surface area (Å²) in [6, 6.07) is 6.44. The zero-order valence-electron chi connectivity index (χ0n) is 21.6. The van der Waals surface area contributed by atoms with E-state index >= 15 is 0 Å². The number of rotatable bonds is 10. The van der Waals surface area contributed by atoms with Gasteiger partial charge < -0.3 is 29.1 Å². The number of aryl methyl sites for hydroxylation is 1. The highest BCUT2D eigenvalue weighted by Crippen LogP contribution is 2.45. The van der Waals surface area contributed by atoms with E-state index in [1.807, 2.05) is 13.8 Å². The van der Waals surface area contributed by atoms with Crippen LogP contribution in [0.15, 0.2) is 35.9 Å². The number of Topliss-reactive ketones (excluding diaryl/α,β-unsaturated/α-hetero) is 1.